The summed E-state index contributed by atoms with van der Waals surface area (Å²) >= 11 is 4.17. The summed E-state index contributed by atoms with van der Waals surface area (Å²) in [4.78, 5) is 53.6. The Bertz CT molecular complexity index is 1070. The Morgan fingerprint density at radius 1 is 0.973 bits per heavy atom. The van der Waals surface area contributed by atoms with Crippen molar-refractivity contribution in [2.24, 2.45) is 17.4 Å². The number of benzene rings is 1. The van der Waals surface area contributed by atoms with Gasteiger partial charge in [-0.1, -0.05) is 32.0 Å². The van der Waals surface area contributed by atoms with Crippen LogP contribution in [0.5, 0.6) is 0 Å². The number of H-pyrrole nitrogens is 1. The summed E-state index contributed by atoms with van der Waals surface area (Å²) in [6.45, 7) is 4.01. The van der Waals surface area contributed by atoms with Gasteiger partial charge in [-0.05, 0) is 43.4 Å². The van der Waals surface area contributed by atoms with Gasteiger partial charge in [0.05, 0.1) is 6.04 Å². The van der Waals surface area contributed by atoms with E-state index in [1.165, 1.54) is 0 Å². The van der Waals surface area contributed by atoms with Crippen molar-refractivity contribution >= 4 is 47.2 Å². The zero-order chi connectivity index (χ0) is 27.5. The number of thiol groups is 1. The Hall–Kier alpha value is -3.09. The zero-order valence-electron chi connectivity index (χ0n) is 21.2. The van der Waals surface area contributed by atoms with Crippen molar-refractivity contribution in [3.05, 3.63) is 36.0 Å². The number of hydrogen-bond acceptors (Lipinski definition) is 7. The number of fused-ring (bicyclic) bond motifs is 1. The molecule has 0 fully saturated rings. The first-order valence-electron chi connectivity index (χ1n) is 12.3. The molecule has 2 aromatic rings. The Labute approximate surface area is 221 Å². The van der Waals surface area contributed by atoms with E-state index < -0.39 is 47.9 Å². The van der Waals surface area contributed by atoms with Gasteiger partial charge in [-0.3, -0.25) is 14.4 Å². The van der Waals surface area contributed by atoms with E-state index >= 15 is 0 Å². The molecule has 4 unspecified atom stereocenters. The van der Waals surface area contributed by atoms with Crippen molar-refractivity contribution in [2.45, 2.75) is 63.7 Å². The van der Waals surface area contributed by atoms with E-state index in [4.69, 9.17) is 11.5 Å². The molecule has 0 bridgehead atoms. The van der Waals surface area contributed by atoms with E-state index in [-0.39, 0.29) is 24.5 Å². The molecule has 0 radical (unpaired) electrons. The topological polar surface area (TPSA) is 192 Å². The maximum Gasteiger partial charge on any atom is 0.326 e. The third kappa shape index (κ3) is 8.76. The van der Waals surface area contributed by atoms with Gasteiger partial charge in [0.25, 0.3) is 0 Å². The standard InChI is InChI=1S/C25H38N6O5S/c1-14(2)21(27)24(34)30-19(11-15-12-28-17-8-4-3-7-16(15)17)22(32)31-20(13-37)23(33)29-18(25(35)36)9-5-6-10-26/h3-4,7-8,12,14,18-21,28,37H,5-6,9-11,13,26-27H2,1-2H3,(H,29,33)(H,30,34)(H,31,32)(H,35,36). The summed E-state index contributed by atoms with van der Waals surface area (Å²) in [5, 5.41) is 18.1. The number of carbonyl (C=O) groups is 4. The number of aromatic nitrogens is 1. The Kier molecular flexibility index (Phi) is 11.9. The molecule has 2 rings (SSSR count). The van der Waals surface area contributed by atoms with Crippen molar-refractivity contribution in [2.75, 3.05) is 12.3 Å². The highest BCUT2D eigenvalue weighted by atomic mass is 32.1. The van der Waals surface area contributed by atoms with Gasteiger partial charge in [-0.25, -0.2) is 4.79 Å². The van der Waals surface area contributed by atoms with Gasteiger partial charge in [-0.15, -0.1) is 0 Å². The average Bonchev–Trinajstić information content (AvgIpc) is 3.28. The normalized spacial score (nSPS) is 14.5. The van der Waals surface area contributed by atoms with E-state index in [1.54, 1.807) is 20.0 Å². The monoisotopic (exact) mass is 534 g/mol. The van der Waals surface area contributed by atoms with Crippen molar-refractivity contribution in [3.63, 3.8) is 0 Å². The van der Waals surface area contributed by atoms with Gasteiger partial charge in [-0.2, -0.15) is 12.6 Å². The maximum atomic E-state index is 13.3. The molecule has 37 heavy (non-hydrogen) atoms. The molecular formula is C25H38N6O5S. The SMILES string of the molecule is CC(C)C(N)C(=O)NC(Cc1c[nH]c2ccccc12)C(=O)NC(CS)C(=O)NC(CCCCN)C(=O)O. The van der Waals surface area contributed by atoms with E-state index in [1.807, 2.05) is 24.3 Å². The molecule has 1 heterocycles. The smallest absolute Gasteiger partial charge is 0.326 e. The Morgan fingerprint density at radius 3 is 2.22 bits per heavy atom. The van der Waals surface area contributed by atoms with Crippen LogP contribution in [0, 0.1) is 5.92 Å². The number of aliphatic carboxylic acids is 1. The van der Waals surface area contributed by atoms with Crippen LogP contribution >= 0.6 is 12.6 Å². The summed E-state index contributed by atoms with van der Waals surface area (Å²) in [6, 6.07) is 3.45. The number of carboxylic acids is 1. The number of nitrogens with one attached hydrogen (secondary N) is 4. The number of unbranched alkanes of at least 4 members (excludes halogenated alkanes) is 1. The first-order valence-corrected chi connectivity index (χ1v) is 13.0. The highest BCUT2D eigenvalue weighted by molar-refractivity contribution is 7.80. The van der Waals surface area contributed by atoms with Gasteiger partial charge in [0.1, 0.15) is 18.1 Å². The largest absolute Gasteiger partial charge is 0.480 e. The lowest BCUT2D eigenvalue weighted by Gasteiger charge is -2.25. The van der Waals surface area contributed by atoms with Crippen LogP contribution in [0.15, 0.2) is 30.5 Å². The minimum atomic E-state index is -1.18. The van der Waals surface area contributed by atoms with Gasteiger partial charge >= 0.3 is 5.97 Å². The van der Waals surface area contributed by atoms with Crippen LogP contribution in [-0.2, 0) is 25.6 Å². The van der Waals surface area contributed by atoms with Crippen molar-refractivity contribution in [3.8, 4) is 0 Å². The molecule has 11 nitrogen and oxygen atoms in total. The van der Waals surface area contributed by atoms with Crippen molar-refractivity contribution in [1.29, 1.82) is 0 Å². The number of para-hydroxylation sites is 1. The van der Waals surface area contributed by atoms with Gasteiger partial charge in [0.15, 0.2) is 0 Å². The van der Waals surface area contributed by atoms with Crippen LogP contribution in [0.25, 0.3) is 10.9 Å². The first kappa shape index (κ1) is 30.1. The summed E-state index contributed by atoms with van der Waals surface area (Å²) in [6.07, 6.45) is 3.27. The van der Waals surface area contributed by atoms with E-state index in [0.29, 0.717) is 19.4 Å². The molecule has 204 valence electrons. The minimum Gasteiger partial charge on any atom is -0.480 e. The lowest BCUT2D eigenvalue weighted by Crippen LogP contribution is -2.58. The van der Waals surface area contributed by atoms with Gasteiger partial charge in [0.2, 0.25) is 17.7 Å². The van der Waals surface area contributed by atoms with Crippen LogP contribution in [-0.4, -0.2) is 70.2 Å². The average molecular weight is 535 g/mol. The predicted molar refractivity (Wildman–Crippen MR) is 145 cm³/mol. The molecular weight excluding hydrogens is 496 g/mol. The molecule has 4 atom stereocenters. The molecule has 3 amide bonds. The number of carbonyl (C=O) groups excluding carboxylic acids is 3. The molecule has 1 aromatic carbocycles. The number of amides is 3. The fourth-order valence-electron chi connectivity index (χ4n) is 3.79. The number of hydrogen-bond donors (Lipinski definition) is 8. The number of aromatic amines is 1. The first-order chi connectivity index (χ1) is 17.6. The van der Waals surface area contributed by atoms with Crippen LogP contribution in [0.1, 0.15) is 38.7 Å². The molecule has 9 N–H and O–H groups in total. The molecule has 0 aliphatic heterocycles. The van der Waals surface area contributed by atoms with Crippen molar-refractivity contribution < 1.29 is 24.3 Å². The second-order valence-electron chi connectivity index (χ2n) is 9.32. The van der Waals surface area contributed by atoms with E-state index in [2.05, 4.69) is 33.6 Å². The summed E-state index contributed by atoms with van der Waals surface area (Å²) in [5.74, 6) is -3.20. The highest BCUT2D eigenvalue weighted by Crippen LogP contribution is 2.19. The van der Waals surface area contributed by atoms with Crippen LogP contribution in [0.3, 0.4) is 0 Å². The lowest BCUT2D eigenvalue weighted by atomic mass is 10.0. The molecule has 0 aliphatic rings. The van der Waals surface area contributed by atoms with Gasteiger partial charge < -0.3 is 37.5 Å². The summed E-state index contributed by atoms with van der Waals surface area (Å²) in [5.41, 5.74) is 13.1. The summed E-state index contributed by atoms with van der Waals surface area (Å²) < 4.78 is 0. The molecule has 12 heteroatoms. The van der Waals surface area contributed by atoms with Crippen LogP contribution in [0.4, 0.5) is 0 Å². The number of nitrogens with two attached hydrogens (primary N) is 2. The molecule has 0 saturated heterocycles. The molecule has 0 saturated carbocycles. The van der Waals surface area contributed by atoms with E-state index in [9.17, 15) is 24.3 Å². The quantitative estimate of drug-likeness (QED) is 0.119. The fraction of sp³-hybridized carbons (Fsp3) is 0.520. The van der Waals surface area contributed by atoms with E-state index in [0.717, 1.165) is 16.5 Å². The predicted octanol–water partition coefficient (Wildman–Crippen LogP) is 0.292. The summed E-state index contributed by atoms with van der Waals surface area (Å²) in [7, 11) is 0. The van der Waals surface area contributed by atoms with Crippen LogP contribution in [0.2, 0.25) is 0 Å². The Balaban J connectivity index is 2.19. The third-order valence-electron chi connectivity index (χ3n) is 6.13. The molecule has 0 spiro atoms. The second-order valence-corrected chi connectivity index (χ2v) is 9.69. The number of rotatable bonds is 15. The Morgan fingerprint density at radius 2 is 1.59 bits per heavy atom. The lowest BCUT2D eigenvalue weighted by molar-refractivity contribution is -0.142. The second kappa shape index (κ2) is 14.6. The van der Waals surface area contributed by atoms with Crippen molar-refractivity contribution in [1.82, 2.24) is 20.9 Å². The highest BCUT2D eigenvalue weighted by Gasteiger charge is 2.30. The molecule has 1 aromatic heterocycles. The van der Waals surface area contributed by atoms with Gasteiger partial charge in [0, 0.05) is 29.3 Å². The third-order valence-corrected chi connectivity index (χ3v) is 6.50. The minimum absolute atomic E-state index is 0.0774. The number of carboxylic acid groups (broad SMARTS) is 1. The zero-order valence-corrected chi connectivity index (χ0v) is 22.1. The fourth-order valence-corrected chi connectivity index (χ4v) is 4.05. The maximum absolute atomic E-state index is 13.3. The molecule has 0 aliphatic carbocycles. The van der Waals surface area contributed by atoms with Crippen LogP contribution < -0.4 is 27.4 Å².